The van der Waals surface area contributed by atoms with Crippen molar-refractivity contribution in [2.75, 3.05) is 5.32 Å². The van der Waals surface area contributed by atoms with E-state index in [1.165, 1.54) is 11.3 Å². The van der Waals surface area contributed by atoms with Gasteiger partial charge in [-0.15, -0.1) is 0 Å². The summed E-state index contributed by atoms with van der Waals surface area (Å²) in [5.74, 6) is -0.0826. The largest absolute Gasteiger partial charge is 0.329 e. The van der Waals surface area contributed by atoms with Gasteiger partial charge in [0.1, 0.15) is 0 Å². The number of carbonyl (C=O) groups excluding carboxylic acids is 1. The highest BCUT2D eigenvalue weighted by atomic mass is 32.2. The van der Waals surface area contributed by atoms with Crippen LogP contribution in [-0.2, 0) is 7.05 Å². The number of anilines is 1. The standard InChI is InChI=1S/C15H13N3OS2/c1-18-8-7-16-15(18)21-13-4-2-12(3-5-13)17-14(19)11-6-9-20-10-11/h2-10H,1H3,(H,17,19). The first-order chi connectivity index (χ1) is 10.2. The molecule has 0 spiro atoms. The van der Waals surface area contributed by atoms with E-state index in [1.54, 1.807) is 18.0 Å². The molecule has 6 heteroatoms. The molecule has 0 aliphatic rings. The second-order valence-corrected chi connectivity index (χ2v) is 6.23. The lowest BCUT2D eigenvalue weighted by atomic mass is 10.3. The quantitative estimate of drug-likeness (QED) is 0.794. The van der Waals surface area contributed by atoms with Gasteiger partial charge in [0.05, 0.1) is 5.56 Å². The average molecular weight is 315 g/mol. The first-order valence-electron chi connectivity index (χ1n) is 6.31. The molecular weight excluding hydrogens is 302 g/mol. The lowest BCUT2D eigenvalue weighted by molar-refractivity contribution is 0.102. The molecule has 2 heterocycles. The Kier molecular flexibility index (Phi) is 4.08. The van der Waals surface area contributed by atoms with Crippen molar-refractivity contribution in [2.24, 2.45) is 7.05 Å². The highest BCUT2D eigenvalue weighted by Gasteiger charge is 2.07. The minimum atomic E-state index is -0.0826. The Morgan fingerprint density at radius 3 is 2.71 bits per heavy atom. The fourth-order valence-electron chi connectivity index (χ4n) is 1.76. The number of rotatable bonds is 4. The summed E-state index contributed by atoms with van der Waals surface area (Å²) in [5.41, 5.74) is 1.47. The zero-order valence-corrected chi connectivity index (χ0v) is 12.9. The van der Waals surface area contributed by atoms with Crippen molar-refractivity contribution in [2.45, 2.75) is 10.1 Å². The van der Waals surface area contributed by atoms with Crippen LogP contribution in [-0.4, -0.2) is 15.5 Å². The number of carbonyl (C=O) groups is 1. The van der Waals surface area contributed by atoms with Gasteiger partial charge in [-0.3, -0.25) is 4.79 Å². The maximum Gasteiger partial charge on any atom is 0.256 e. The van der Waals surface area contributed by atoms with E-state index in [-0.39, 0.29) is 5.91 Å². The molecule has 0 aliphatic carbocycles. The summed E-state index contributed by atoms with van der Waals surface area (Å²) in [7, 11) is 1.96. The Bertz CT molecular complexity index is 733. The third kappa shape index (κ3) is 3.34. The first kappa shape index (κ1) is 13.9. The number of benzene rings is 1. The molecule has 3 rings (SSSR count). The van der Waals surface area contributed by atoms with E-state index in [0.717, 1.165) is 15.7 Å². The van der Waals surface area contributed by atoms with Crippen molar-refractivity contribution in [3.05, 3.63) is 59.0 Å². The van der Waals surface area contributed by atoms with Crippen LogP contribution in [0.15, 0.2) is 63.5 Å². The van der Waals surface area contributed by atoms with Gasteiger partial charge in [0.25, 0.3) is 5.91 Å². The van der Waals surface area contributed by atoms with Gasteiger partial charge in [-0.25, -0.2) is 4.98 Å². The molecule has 0 unspecified atom stereocenters. The summed E-state index contributed by atoms with van der Waals surface area (Å²) in [6.45, 7) is 0. The second kappa shape index (κ2) is 6.15. The fraction of sp³-hybridized carbons (Fsp3) is 0.0667. The summed E-state index contributed by atoms with van der Waals surface area (Å²) < 4.78 is 1.97. The van der Waals surface area contributed by atoms with Crippen LogP contribution in [0.4, 0.5) is 5.69 Å². The monoisotopic (exact) mass is 315 g/mol. The fourth-order valence-corrected chi connectivity index (χ4v) is 3.20. The molecule has 0 radical (unpaired) electrons. The molecule has 0 aliphatic heterocycles. The summed E-state index contributed by atoms with van der Waals surface area (Å²) in [6, 6.07) is 9.56. The molecule has 106 valence electrons. The number of hydrogen-bond donors (Lipinski definition) is 1. The Balaban J connectivity index is 1.67. The van der Waals surface area contributed by atoms with E-state index in [2.05, 4.69) is 10.3 Å². The van der Waals surface area contributed by atoms with Crippen LogP contribution in [0.2, 0.25) is 0 Å². The first-order valence-corrected chi connectivity index (χ1v) is 8.07. The normalized spacial score (nSPS) is 10.5. The van der Waals surface area contributed by atoms with Crippen LogP contribution in [0.1, 0.15) is 10.4 Å². The minimum absolute atomic E-state index is 0.0826. The molecule has 3 aromatic rings. The average Bonchev–Trinajstić information content (AvgIpc) is 3.14. The van der Waals surface area contributed by atoms with Crippen LogP contribution in [0, 0.1) is 0 Å². The van der Waals surface area contributed by atoms with Crippen LogP contribution in [0.5, 0.6) is 0 Å². The number of aromatic nitrogens is 2. The Labute approximate surface area is 130 Å². The number of amides is 1. The van der Waals surface area contributed by atoms with E-state index >= 15 is 0 Å². The molecule has 2 aromatic heterocycles. The predicted octanol–water partition coefficient (Wildman–Crippen LogP) is 3.89. The zero-order chi connectivity index (χ0) is 14.7. The molecule has 4 nitrogen and oxygen atoms in total. The van der Waals surface area contributed by atoms with Gasteiger partial charge in [0, 0.05) is 35.4 Å². The SMILES string of the molecule is Cn1ccnc1Sc1ccc(NC(=O)c2ccsc2)cc1. The highest BCUT2D eigenvalue weighted by molar-refractivity contribution is 7.99. The van der Waals surface area contributed by atoms with Crippen molar-refractivity contribution >= 4 is 34.7 Å². The molecule has 1 N–H and O–H groups in total. The van der Waals surface area contributed by atoms with Gasteiger partial charge < -0.3 is 9.88 Å². The van der Waals surface area contributed by atoms with Gasteiger partial charge in [-0.2, -0.15) is 11.3 Å². The number of thiophene rings is 1. The van der Waals surface area contributed by atoms with Crippen molar-refractivity contribution in [3.8, 4) is 0 Å². The molecule has 0 atom stereocenters. The van der Waals surface area contributed by atoms with Crippen molar-refractivity contribution in [1.29, 1.82) is 0 Å². The number of aryl methyl sites for hydroxylation is 1. The summed E-state index contributed by atoms with van der Waals surface area (Å²) in [6.07, 6.45) is 3.69. The van der Waals surface area contributed by atoms with Gasteiger partial charge in [-0.1, -0.05) is 11.8 Å². The Hall–Kier alpha value is -2.05. The van der Waals surface area contributed by atoms with E-state index in [9.17, 15) is 4.79 Å². The Morgan fingerprint density at radius 2 is 2.10 bits per heavy atom. The third-order valence-corrected chi connectivity index (χ3v) is 4.65. The summed E-state index contributed by atoms with van der Waals surface area (Å²) in [5, 5.41) is 7.54. The van der Waals surface area contributed by atoms with E-state index in [4.69, 9.17) is 0 Å². The maximum atomic E-state index is 11.9. The van der Waals surface area contributed by atoms with Gasteiger partial charge >= 0.3 is 0 Å². The van der Waals surface area contributed by atoms with Crippen LogP contribution < -0.4 is 5.32 Å². The van der Waals surface area contributed by atoms with E-state index in [0.29, 0.717) is 5.56 Å². The third-order valence-electron chi connectivity index (χ3n) is 2.88. The highest BCUT2D eigenvalue weighted by Crippen LogP contribution is 2.26. The summed E-state index contributed by atoms with van der Waals surface area (Å²) in [4.78, 5) is 17.3. The molecule has 0 bridgehead atoms. The summed E-state index contributed by atoms with van der Waals surface area (Å²) >= 11 is 3.10. The minimum Gasteiger partial charge on any atom is -0.329 e. The molecular formula is C15H13N3OS2. The van der Waals surface area contributed by atoms with Crippen molar-refractivity contribution in [3.63, 3.8) is 0 Å². The van der Waals surface area contributed by atoms with Gasteiger partial charge in [-0.05, 0) is 35.7 Å². The second-order valence-electron chi connectivity index (χ2n) is 4.41. The van der Waals surface area contributed by atoms with Crippen LogP contribution in [0.25, 0.3) is 0 Å². The maximum absolute atomic E-state index is 11.9. The van der Waals surface area contributed by atoms with E-state index in [1.807, 2.05) is 58.9 Å². The van der Waals surface area contributed by atoms with E-state index < -0.39 is 0 Å². The number of nitrogens with zero attached hydrogens (tertiary/aromatic N) is 2. The molecule has 0 fully saturated rings. The zero-order valence-electron chi connectivity index (χ0n) is 11.3. The van der Waals surface area contributed by atoms with Crippen LogP contribution in [0.3, 0.4) is 0 Å². The molecule has 21 heavy (non-hydrogen) atoms. The lowest BCUT2D eigenvalue weighted by Crippen LogP contribution is -2.10. The number of imidazole rings is 1. The topological polar surface area (TPSA) is 46.9 Å². The Morgan fingerprint density at radius 1 is 1.29 bits per heavy atom. The molecule has 0 saturated carbocycles. The number of nitrogens with one attached hydrogen (secondary N) is 1. The number of hydrogen-bond acceptors (Lipinski definition) is 4. The van der Waals surface area contributed by atoms with Crippen molar-refractivity contribution < 1.29 is 4.79 Å². The predicted molar refractivity (Wildman–Crippen MR) is 86.0 cm³/mol. The van der Waals surface area contributed by atoms with Crippen molar-refractivity contribution in [1.82, 2.24) is 9.55 Å². The molecule has 0 saturated heterocycles. The van der Waals surface area contributed by atoms with Gasteiger partial charge in [0.15, 0.2) is 5.16 Å². The van der Waals surface area contributed by atoms with Gasteiger partial charge in [0.2, 0.25) is 0 Å². The molecule has 1 aromatic carbocycles. The van der Waals surface area contributed by atoms with Crippen LogP contribution >= 0.6 is 23.1 Å². The smallest absolute Gasteiger partial charge is 0.256 e. The lowest BCUT2D eigenvalue weighted by Gasteiger charge is -2.05. The molecule has 1 amide bonds.